The van der Waals surface area contributed by atoms with Crippen molar-refractivity contribution in [3.63, 3.8) is 0 Å². The van der Waals surface area contributed by atoms with E-state index in [1.54, 1.807) is 47.2 Å². The summed E-state index contributed by atoms with van der Waals surface area (Å²) in [5, 5.41) is 3.97. The van der Waals surface area contributed by atoms with Crippen molar-refractivity contribution in [1.29, 1.82) is 0 Å². The highest BCUT2D eigenvalue weighted by Crippen LogP contribution is 2.38. The van der Waals surface area contributed by atoms with Crippen molar-refractivity contribution in [2.75, 3.05) is 33.8 Å². The van der Waals surface area contributed by atoms with Crippen molar-refractivity contribution in [1.82, 2.24) is 24.7 Å². The van der Waals surface area contributed by atoms with Crippen molar-refractivity contribution < 1.29 is 14.3 Å². The van der Waals surface area contributed by atoms with Gasteiger partial charge in [-0.1, -0.05) is 18.2 Å². The lowest BCUT2D eigenvalue weighted by atomic mass is 9.90. The Morgan fingerprint density at radius 2 is 1.78 bits per heavy atom. The van der Waals surface area contributed by atoms with Gasteiger partial charge in [-0.3, -0.25) is 24.3 Å². The van der Waals surface area contributed by atoms with Crippen LogP contribution in [0.5, 0.6) is 0 Å². The van der Waals surface area contributed by atoms with E-state index in [0.29, 0.717) is 36.7 Å². The van der Waals surface area contributed by atoms with Gasteiger partial charge in [0.2, 0.25) is 0 Å². The van der Waals surface area contributed by atoms with Crippen LogP contribution in [0.4, 0.5) is 0 Å². The summed E-state index contributed by atoms with van der Waals surface area (Å²) in [5.41, 5.74) is 1.41. The fourth-order valence-corrected chi connectivity index (χ4v) is 6.69. The summed E-state index contributed by atoms with van der Waals surface area (Å²) in [7, 11) is 3.52. The lowest BCUT2D eigenvalue weighted by Crippen LogP contribution is -2.50. The van der Waals surface area contributed by atoms with Gasteiger partial charge in [0.15, 0.2) is 0 Å². The molecule has 2 fully saturated rings. The number of methoxy groups -OCH3 is 1. The molecule has 1 aromatic carbocycles. The second-order valence-corrected chi connectivity index (χ2v) is 11.8. The summed E-state index contributed by atoms with van der Waals surface area (Å²) in [4.78, 5) is 47.6. The van der Waals surface area contributed by atoms with E-state index < -0.39 is 0 Å². The molecule has 1 N–H and O–H groups in total. The third-order valence-electron chi connectivity index (χ3n) is 8.74. The molecule has 2 unspecified atom stereocenters. The number of nitrogens with one attached hydrogen (secondary N) is 1. The van der Waals surface area contributed by atoms with Crippen LogP contribution in [0.1, 0.15) is 66.3 Å². The Morgan fingerprint density at radius 3 is 2.44 bits per heavy atom. The molecule has 0 aliphatic carbocycles. The summed E-state index contributed by atoms with van der Waals surface area (Å²) in [6, 6.07) is 13.7. The zero-order valence-electron chi connectivity index (χ0n) is 24.5. The number of pyridine rings is 2. The normalized spacial score (nSPS) is 21.2. The van der Waals surface area contributed by atoms with Crippen LogP contribution < -0.4 is 10.9 Å². The Labute approximate surface area is 241 Å². The quantitative estimate of drug-likeness (QED) is 0.407. The van der Waals surface area contributed by atoms with E-state index in [1.165, 1.54) is 0 Å². The number of hydrogen-bond acceptors (Lipinski definition) is 6. The third kappa shape index (κ3) is 6.21. The fourth-order valence-electron chi connectivity index (χ4n) is 6.69. The number of rotatable bonds is 10. The molecule has 0 radical (unpaired) electrons. The van der Waals surface area contributed by atoms with Crippen LogP contribution in [0, 0.1) is 5.92 Å². The van der Waals surface area contributed by atoms with Gasteiger partial charge in [0.1, 0.15) is 5.56 Å². The number of likely N-dealkylation sites (N-methyl/N-ethyl adjacent to an activating group) is 1. The number of aromatic nitrogens is 2. The smallest absolute Gasteiger partial charge is 0.264 e. The summed E-state index contributed by atoms with van der Waals surface area (Å²) in [6.07, 6.45) is 7.40. The van der Waals surface area contributed by atoms with Gasteiger partial charge in [-0.25, -0.2) is 0 Å². The van der Waals surface area contributed by atoms with Crippen molar-refractivity contribution in [2.45, 2.75) is 63.8 Å². The monoisotopic (exact) mass is 559 g/mol. The molecule has 0 spiro atoms. The van der Waals surface area contributed by atoms with Gasteiger partial charge in [-0.15, -0.1) is 0 Å². The van der Waals surface area contributed by atoms with E-state index >= 15 is 0 Å². The van der Waals surface area contributed by atoms with E-state index in [0.717, 1.165) is 43.1 Å². The topological polar surface area (TPSA) is 96.8 Å². The first-order chi connectivity index (χ1) is 19.8. The number of amides is 2. The summed E-state index contributed by atoms with van der Waals surface area (Å²) < 4.78 is 7.53. The van der Waals surface area contributed by atoms with Crippen LogP contribution in [-0.4, -0.2) is 83.1 Å². The van der Waals surface area contributed by atoms with E-state index in [1.807, 2.05) is 45.2 Å². The highest BCUT2D eigenvalue weighted by atomic mass is 16.5. The van der Waals surface area contributed by atoms with Gasteiger partial charge in [-0.2, -0.15) is 0 Å². The molecule has 2 bridgehead atoms. The Kier molecular flexibility index (Phi) is 8.85. The van der Waals surface area contributed by atoms with Crippen LogP contribution in [0.25, 0.3) is 10.9 Å². The molecule has 5 rings (SSSR count). The van der Waals surface area contributed by atoms with E-state index in [2.05, 4.69) is 15.2 Å². The Morgan fingerprint density at radius 1 is 1.10 bits per heavy atom. The molecule has 41 heavy (non-hydrogen) atoms. The Bertz CT molecular complexity index is 1430. The van der Waals surface area contributed by atoms with Crippen LogP contribution in [0.15, 0.2) is 59.7 Å². The van der Waals surface area contributed by atoms with Crippen LogP contribution in [-0.2, 0) is 4.74 Å². The molecule has 0 saturated carbocycles. The average molecular weight is 560 g/mol. The maximum atomic E-state index is 13.3. The van der Waals surface area contributed by atoms with Gasteiger partial charge in [-0.05, 0) is 75.1 Å². The highest BCUT2D eigenvalue weighted by molar-refractivity contribution is 5.97. The zero-order valence-corrected chi connectivity index (χ0v) is 24.5. The SMILES string of the molecule is COC(CN(C)C(=O)c1ccncc1)CN1[C@@H]2CC[C@H]1CC(CNC(=O)c1cc3ccccc3n(C(C)C)c1=O)C2. The van der Waals surface area contributed by atoms with Crippen LogP contribution in [0.2, 0.25) is 0 Å². The molecule has 2 aliphatic rings. The summed E-state index contributed by atoms with van der Waals surface area (Å²) in [5.74, 6) is 0.0159. The molecule has 3 aromatic rings. The van der Waals surface area contributed by atoms with Gasteiger partial charge in [0.05, 0.1) is 11.6 Å². The number of carbonyl (C=O) groups excluding carboxylic acids is 2. The summed E-state index contributed by atoms with van der Waals surface area (Å²) in [6.45, 7) is 5.76. The Balaban J connectivity index is 1.18. The van der Waals surface area contributed by atoms with Gasteiger partial charge >= 0.3 is 0 Å². The number of piperidine rings is 1. The molecule has 2 saturated heterocycles. The fraction of sp³-hybridized carbons (Fsp3) is 0.500. The summed E-state index contributed by atoms with van der Waals surface area (Å²) >= 11 is 0. The van der Waals surface area contributed by atoms with Crippen molar-refractivity contribution in [3.8, 4) is 0 Å². The van der Waals surface area contributed by atoms with Crippen molar-refractivity contribution in [3.05, 3.63) is 76.3 Å². The lowest BCUT2D eigenvalue weighted by Gasteiger charge is -2.41. The second kappa shape index (κ2) is 12.5. The lowest BCUT2D eigenvalue weighted by molar-refractivity contribution is 0.00796. The predicted molar refractivity (Wildman–Crippen MR) is 159 cm³/mol. The first-order valence-corrected chi connectivity index (χ1v) is 14.6. The third-order valence-corrected chi connectivity index (χ3v) is 8.74. The maximum absolute atomic E-state index is 13.3. The molecule has 2 amide bonds. The van der Waals surface area contributed by atoms with Crippen molar-refractivity contribution >= 4 is 22.7 Å². The van der Waals surface area contributed by atoms with E-state index in [-0.39, 0.29) is 35.1 Å². The second-order valence-electron chi connectivity index (χ2n) is 11.8. The molecule has 4 atom stereocenters. The van der Waals surface area contributed by atoms with Gasteiger partial charge in [0, 0.05) is 69.9 Å². The number of nitrogens with zero attached hydrogens (tertiary/aromatic N) is 4. The molecule has 218 valence electrons. The standard InChI is InChI=1S/C32H41N5O4/c1-21(2)37-29-8-6-5-7-24(29)17-28(32(37)40)30(38)34-18-22-15-25-9-10-26(16-22)36(25)20-27(41-4)19-35(3)31(39)23-11-13-33-14-12-23/h5-8,11-14,17,21-22,25-27H,9-10,15-16,18-20H2,1-4H3,(H,34,38)/t22?,25-,26+,27?. The molecule has 2 aliphatic heterocycles. The number of carbonyl (C=O) groups is 2. The number of hydrogen-bond donors (Lipinski definition) is 1. The molecule has 9 heteroatoms. The molecular weight excluding hydrogens is 518 g/mol. The molecule has 2 aromatic heterocycles. The highest BCUT2D eigenvalue weighted by Gasteiger charge is 2.41. The first kappa shape index (κ1) is 29.0. The number of para-hydroxylation sites is 1. The number of benzene rings is 1. The molecule has 4 heterocycles. The van der Waals surface area contributed by atoms with E-state index in [4.69, 9.17) is 4.74 Å². The van der Waals surface area contributed by atoms with E-state index in [9.17, 15) is 14.4 Å². The van der Waals surface area contributed by atoms with Crippen LogP contribution in [0.3, 0.4) is 0 Å². The minimum Gasteiger partial charge on any atom is -0.378 e. The van der Waals surface area contributed by atoms with Crippen molar-refractivity contribution in [2.24, 2.45) is 5.92 Å². The number of ether oxygens (including phenoxy) is 1. The number of fused-ring (bicyclic) bond motifs is 3. The average Bonchev–Trinajstić information content (AvgIpc) is 3.20. The zero-order chi connectivity index (χ0) is 29.1. The first-order valence-electron chi connectivity index (χ1n) is 14.6. The molecular formula is C32H41N5O4. The van der Waals surface area contributed by atoms with Gasteiger partial charge < -0.3 is 19.5 Å². The predicted octanol–water partition coefficient (Wildman–Crippen LogP) is 3.74. The van der Waals surface area contributed by atoms with Gasteiger partial charge in [0.25, 0.3) is 17.4 Å². The maximum Gasteiger partial charge on any atom is 0.264 e. The largest absolute Gasteiger partial charge is 0.378 e. The van der Waals surface area contributed by atoms with Crippen LogP contribution >= 0.6 is 0 Å². The molecule has 9 nitrogen and oxygen atoms in total. The Hall–Kier alpha value is -3.56. The minimum absolute atomic E-state index is 0.0431. The minimum atomic E-state index is -0.300.